The summed E-state index contributed by atoms with van der Waals surface area (Å²) in [6.07, 6.45) is 2.57. The summed E-state index contributed by atoms with van der Waals surface area (Å²) in [7, 11) is -3.51. The zero-order valence-corrected chi connectivity index (χ0v) is 17.5. The molecule has 0 atom stereocenters. The summed E-state index contributed by atoms with van der Waals surface area (Å²) < 4.78 is 26.5. The minimum absolute atomic E-state index is 0.163. The highest BCUT2D eigenvalue weighted by atomic mass is 32.2. The van der Waals surface area contributed by atoms with E-state index in [1.807, 2.05) is 19.9 Å². The molecule has 3 rings (SSSR count). The van der Waals surface area contributed by atoms with Crippen LogP contribution in [0, 0.1) is 6.92 Å². The van der Waals surface area contributed by atoms with Crippen molar-refractivity contribution in [2.45, 2.75) is 38.0 Å². The summed E-state index contributed by atoms with van der Waals surface area (Å²) in [6.45, 7) is 5.03. The lowest BCUT2D eigenvalue weighted by Gasteiger charge is -2.15. The van der Waals surface area contributed by atoms with Gasteiger partial charge in [0.2, 0.25) is 10.0 Å². The zero-order chi connectivity index (χ0) is 20.3. The Hall–Kier alpha value is -2.23. The summed E-state index contributed by atoms with van der Waals surface area (Å²) in [6, 6.07) is 7.53. The van der Waals surface area contributed by atoms with Gasteiger partial charge in [-0.05, 0) is 62.1 Å². The lowest BCUT2D eigenvalue weighted by atomic mass is 10.2. The second-order valence-electron chi connectivity index (χ2n) is 6.59. The Morgan fingerprint density at radius 3 is 2.25 bits per heavy atom. The topological polar surface area (TPSA) is 95.6 Å². The van der Waals surface area contributed by atoms with Crippen molar-refractivity contribution in [3.8, 4) is 0 Å². The van der Waals surface area contributed by atoms with Gasteiger partial charge in [0, 0.05) is 23.5 Å². The third-order valence-corrected chi connectivity index (χ3v) is 7.74. The highest BCUT2D eigenvalue weighted by molar-refractivity contribution is 7.89. The summed E-state index contributed by atoms with van der Waals surface area (Å²) >= 11 is 1.38. The molecule has 1 aliphatic rings. The molecular formula is C19H23N3O4S2. The van der Waals surface area contributed by atoms with Gasteiger partial charge in [-0.25, -0.2) is 8.42 Å². The molecule has 0 unspecified atom stereocenters. The third-order valence-electron chi connectivity index (χ3n) is 4.73. The zero-order valence-electron chi connectivity index (χ0n) is 15.8. The van der Waals surface area contributed by atoms with Gasteiger partial charge in [0.05, 0.1) is 9.77 Å². The SMILES string of the molecule is CCc1cc(C(=O)NNC(=O)c2ccc(S(=O)(=O)N3CCCC3)cc2)sc1C. The first kappa shape index (κ1) is 20.5. The number of carbonyl (C=O) groups is 2. The molecule has 1 aromatic heterocycles. The number of amides is 2. The Morgan fingerprint density at radius 1 is 1.07 bits per heavy atom. The van der Waals surface area contributed by atoms with E-state index in [1.54, 1.807) is 0 Å². The number of hydrogen-bond acceptors (Lipinski definition) is 5. The Kier molecular flexibility index (Phi) is 6.17. The Labute approximate surface area is 168 Å². The van der Waals surface area contributed by atoms with Gasteiger partial charge in [-0.2, -0.15) is 4.31 Å². The number of rotatable bonds is 5. The van der Waals surface area contributed by atoms with Gasteiger partial charge in [-0.15, -0.1) is 11.3 Å². The van der Waals surface area contributed by atoms with Crippen molar-refractivity contribution in [3.05, 3.63) is 51.2 Å². The monoisotopic (exact) mass is 421 g/mol. The average Bonchev–Trinajstić information content (AvgIpc) is 3.36. The number of hydrogen-bond donors (Lipinski definition) is 2. The molecule has 2 amide bonds. The molecule has 150 valence electrons. The van der Waals surface area contributed by atoms with Crippen molar-refractivity contribution < 1.29 is 18.0 Å². The Morgan fingerprint density at radius 2 is 1.68 bits per heavy atom. The second kappa shape index (κ2) is 8.42. The van der Waals surface area contributed by atoms with Crippen LogP contribution in [0.25, 0.3) is 0 Å². The van der Waals surface area contributed by atoms with Gasteiger partial charge >= 0.3 is 0 Å². The van der Waals surface area contributed by atoms with E-state index in [4.69, 9.17) is 0 Å². The average molecular weight is 422 g/mol. The van der Waals surface area contributed by atoms with Crippen molar-refractivity contribution in [1.82, 2.24) is 15.2 Å². The first-order valence-corrected chi connectivity index (χ1v) is 11.4. The number of sulfonamides is 1. The normalized spacial score (nSPS) is 14.8. The van der Waals surface area contributed by atoms with E-state index in [1.165, 1.54) is 39.9 Å². The van der Waals surface area contributed by atoms with Crippen molar-refractivity contribution in [3.63, 3.8) is 0 Å². The summed E-state index contributed by atoms with van der Waals surface area (Å²) in [5.74, 6) is -0.892. The standard InChI is InChI=1S/C19H23N3O4S2/c1-3-14-12-17(27-13(14)2)19(24)21-20-18(23)15-6-8-16(9-7-15)28(25,26)22-10-4-5-11-22/h6-9,12H,3-5,10-11H2,1-2H3,(H,20,23)(H,21,24). The van der Waals surface area contributed by atoms with Crippen LogP contribution in [0.2, 0.25) is 0 Å². The highest BCUT2D eigenvalue weighted by Gasteiger charge is 2.27. The van der Waals surface area contributed by atoms with Crippen LogP contribution in [0.15, 0.2) is 35.2 Å². The molecule has 1 aliphatic heterocycles. The number of hydrazine groups is 1. The molecule has 7 nitrogen and oxygen atoms in total. The summed E-state index contributed by atoms with van der Waals surface area (Å²) in [5.41, 5.74) is 6.13. The van der Waals surface area contributed by atoms with Crippen LogP contribution in [0.1, 0.15) is 50.2 Å². The van der Waals surface area contributed by atoms with Gasteiger partial charge in [-0.1, -0.05) is 6.92 Å². The van der Waals surface area contributed by atoms with Crippen LogP contribution in [0.3, 0.4) is 0 Å². The molecule has 0 aliphatic carbocycles. The number of aryl methyl sites for hydroxylation is 2. The number of carbonyl (C=O) groups excluding carboxylic acids is 2. The van der Waals surface area contributed by atoms with Gasteiger partial charge in [0.15, 0.2) is 0 Å². The first-order chi connectivity index (χ1) is 13.3. The van der Waals surface area contributed by atoms with Gasteiger partial charge in [0.1, 0.15) is 0 Å². The lowest BCUT2D eigenvalue weighted by Crippen LogP contribution is -2.41. The van der Waals surface area contributed by atoms with Crippen molar-refractivity contribution in [2.24, 2.45) is 0 Å². The lowest BCUT2D eigenvalue weighted by molar-refractivity contribution is 0.0849. The van der Waals surface area contributed by atoms with Crippen molar-refractivity contribution in [1.29, 1.82) is 0 Å². The Bertz CT molecular complexity index is 975. The van der Waals surface area contributed by atoms with E-state index < -0.39 is 15.9 Å². The molecule has 28 heavy (non-hydrogen) atoms. The fourth-order valence-corrected chi connectivity index (χ4v) is 5.61. The number of nitrogens with one attached hydrogen (secondary N) is 2. The quantitative estimate of drug-likeness (QED) is 0.725. The maximum absolute atomic E-state index is 12.5. The van der Waals surface area contributed by atoms with E-state index in [2.05, 4.69) is 10.9 Å². The van der Waals surface area contributed by atoms with Crippen LogP contribution >= 0.6 is 11.3 Å². The van der Waals surface area contributed by atoms with E-state index in [9.17, 15) is 18.0 Å². The van der Waals surface area contributed by atoms with Gasteiger partial charge < -0.3 is 0 Å². The third kappa shape index (κ3) is 4.26. The number of benzene rings is 1. The maximum atomic E-state index is 12.5. The Balaban J connectivity index is 1.62. The molecule has 2 N–H and O–H groups in total. The predicted octanol–water partition coefficient (Wildman–Crippen LogP) is 2.48. The number of nitrogens with zero attached hydrogens (tertiary/aromatic N) is 1. The molecule has 0 saturated carbocycles. The largest absolute Gasteiger partial charge is 0.279 e. The molecule has 0 radical (unpaired) electrons. The van der Waals surface area contributed by atoms with Crippen LogP contribution in [-0.4, -0.2) is 37.6 Å². The molecule has 1 fully saturated rings. The summed E-state index contributed by atoms with van der Waals surface area (Å²) in [5, 5.41) is 0. The molecular weight excluding hydrogens is 398 g/mol. The van der Waals surface area contributed by atoms with Gasteiger partial charge in [-0.3, -0.25) is 20.4 Å². The smallest absolute Gasteiger partial charge is 0.267 e. The fourth-order valence-electron chi connectivity index (χ4n) is 3.09. The van der Waals surface area contributed by atoms with Crippen LogP contribution in [0.4, 0.5) is 0 Å². The van der Waals surface area contributed by atoms with Crippen LogP contribution in [0.5, 0.6) is 0 Å². The van der Waals surface area contributed by atoms with E-state index in [0.717, 1.165) is 29.7 Å². The molecule has 1 aromatic carbocycles. The van der Waals surface area contributed by atoms with Crippen molar-refractivity contribution >= 4 is 33.2 Å². The molecule has 9 heteroatoms. The molecule has 2 heterocycles. The van der Waals surface area contributed by atoms with Crippen molar-refractivity contribution in [2.75, 3.05) is 13.1 Å². The van der Waals surface area contributed by atoms with E-state index in [0.29, 0.717) is 18.0 Å². The minimum atomic E-state index is -3.51. The van der Waals surface area contributed by atoms with Gasteiger partial charge in [0.25, 0.3) is 11.8 Å². The second-order valence-corrected chi connectivity index (χ2v) is 9.78. The van der Waals surface area contributed by atoms with Crippen LogP contribution < -0.4 is 10.9 Å². The maximum Gasteiger partial charge on any atom is 0.279 e. The minimum Gasteiger partial charge on any atom is -0.267 e. The first-order valence-electron chi connectivity index (χ1n) is 9.13. The van der Waals surface area contributed by atoms with E-state index >= 15 is 0 Å². The number of thiophene rings is 1. The fraction of sp³-hybridized carbons (Fsp3) is 0.368. The van der Waals surface area contributed by atoms with E-state index in [-0.39, 0.29) is 16.4 Å². The molecule has 2 aromatic rings. The molecule has 0 spiro atoms. The molecule has 0 bridgehead atoms. The molecule has 1 saturated heterocycles. The summed E-state index contributed by atoms with van der Waals surface area (Å²) in [4.78, 5) is 26.2. The predicted molar refractivity (Wildman–Crippen MR) is 108 cm³/mol. The highest BCUT2D eigenvalue weighted by Crippen LogP contribution is 2.22. The van der Waals surface area contributed by atoms with Crippen LogP contribution in [-0.2, 0) is 16.4 Å².